The second-order valence-electron chi connectivity index (χ2n) is 7.79. The van der Waals surface area contributed by atoms with E-state index in [-0.39, 0.29) is 5.95 Å². The van der Waals surface area contributed by atoms with Gasteiger partial charge in [-0.05, 0) is 24.6 Å². The zero-order valence-corrected chi connectivity index (χ0v) is 18.9. The lowest BCUT2D eigenvalue weighted by molar-refractivity contribution is 0.0357. The lowest BCUT2D eigenvalue weighted by Gasteiger charge is -2.26. The number of anilines is 1. The molecule has 1 aromatic carbocycles. The molecule has 0 radical (unpaired) electrons. The molecule has 0 spiro atoms. The molecule has 0 aliphatic carbocycles. The number of morpholine rings is 1. The van der Waals surface area contributed by atoms with Crippen molar-refractivity contribution in [3.8, 4) is 28.8 Å². The fourth-order valence-corrected chi connectivity index (χ4v) is 3.87. The third-order valence-electron chi connectivity index (χ3n) is 5.61. The van der Waals surface area contributed by atoms with Crippen LogP contribution >= 0.6 is 0 Å². The molecule has 176 valence electrons. The molecule has 1 aliphatic heterocycles. The third kappa shape index (κ3) is 4.61. The topological polar surface area (TPSA) is 126 Å². The van der Waals surface area contributed by atoms with Crippen LogP contribution in [0.3, 0.4) is 0 Å². The molecule has 1 fully saturated rings. The Balaban J connectivity index is 1.39. The van der Waals surface area contributed by atoms with Crippen LogP contribution in [0.25, 0.3) is 28.2 Å². The van der Waals surface area contributed by atoms with Crippen molar-refractivity contribution < 1.29 is 14.2 Å². The van der Waals surface area contributed by atoms with Crippen LogP contribution in [0.15, 0.2) is 42.9 Å². The van der Waals surface area contributed by atoms with Crippen molar-refractivity contribution in [1.82, 2.24) is 34.6 Å². The van der Waals surface area contributed by atoms with Crippen LogP contribution in [0.4, 0.5) is 5.95 Å². The number of nitrogens with zero attached hydrogens (tertiary/aromatic N) is 7. The van der Waals surface area contributed by atoms with E-state index in [1.165, 1.54) is 11.0 Å². The van der Waals surface area contributed by atoms with E-state index >= 15 is 0 Å². The summed E-state index contributed by atoms with van der Waals surface area (Å²) in [7, 11) is 1.61. The first-order chi connectivity index (χ1) is 16.7. The highest BCUT2D eigenvalue weighted by atomic mass is 16.5. The minimum Gasteiger partial charge on any atom is -0.493 e. The highest BCUT2D eigenvalue weighted by Crippen LogP contribution is 2.34. The summed E-state index contributed by atoms with van der Waals surface area (Å²) in [5.74, 6) is 2.32. The van der Waals surface area contributed by atoms with E-state index in [0.717, 1.165) is 39.3 Å². The van der Waals surface area contributed by atoms with E-state index < -0.39 is 0 Å². The van der Waals surface area contributed by atoms with Crippen molar-refractivity contribution in [3.63, 3.8) is 0 Å². The van der Waals surface area contributed by atoms with Crippen LogP contribution in [0.5, 0.6) is 11.5 Å². The second kappa shape index (κ2) is 9.98. The molecule has 0 amide bonds. The molecule has 11 nitrogen and oxygen atoms in total. The maximum absolute atomic E-state index is 6.18. The fourth-order valence-electron chi connectivity index (χ4n) is 3.87. The molecule has 34 heavy (non-hydrogen) atoms. The summed E-state index contributed by atoms with van der Waals surface area (Å²) in [6, 6.07) is 9.20. The maximum atomic E-state index is 6.18. The van der Waals surface area contributed by atoms with Gasteiger partial charge in [-0.25, -0.2) is 9.97 Å². The van der Waals surface area contributed by atoms with E-state index in [9.17, 15) is 0 Å². The summed E-state index contributed by atoms with van der Waals surface area (Å²) < 4.78 is 18.5. The Morgan fingerprint density at radius 3 is 2.76 bits per heavy atom. The Morgan fingerprint density at radius 2 is 1.97 bits per heavy atom. The summed E-state index contributed by atoms with van der Waals surface area (Å²) >= 11 is 0. The molecular weight excluding hydrogens is 436 g/mol. The average Bonchev–Trinajstić information content (AvgIpc) is 3.28. The monoisotopic (exact) mass is 462 g/mol. The third-order valence-corrected chi connectivity index (χ3v) is 5.61. The summed E-state index contributed by atoms with van der Waals surface area (Å²) in [6.45, 7) is 5.05. The van der Waals surface area contributed by atoms with Crippen molar-refractivity contribution in [2.24, 2.45) is 0 Å². The molecule has 5 rings (SSSR count). The van der Waals surface area contributed by atoms with Crippen LogP contribution in [0.2, 0.25) is 0 Å². The maximum Gasteiger partial charge on any atom is 0.225 e. The van der Waals surface area contributed by atoms with Crippen molar-refractivity contribution in [2.45, 2.75) is 6.42 Å². The van der Waals surface area contributed by atoms with Crippen molar-refractivity contribution in [1.29, 1.82) is 0 Å². The lowest BCUT2D eigenvalue weighted by atomic mass is 10.2. The van der Waals surface area contributed by atoms with E-state index in [4.69, 9.17) is 19.9 Å². The minimum absolute atomic E-state index is 0.197. The minimum atomic E-state index is 0.197. The van der Waals surface area contributed by atoms with Crippen molar-refractivity contribution >= 4 is 16.9 Å². The van der Waals surface area contributed by atoms with Gasteiger partial charge in [-0.15, -0.1) is 5.10 Å². The Morgan fingerprint density at radius 1 is 1.09 bits per heavy atom. The quantitative estimate of drug-likeness (QED) is 0.388. The fraction of sp³-hybridized carbons (Fsp3) is 0.348. The SMILES string of the molecule is COc1cc2c(-n3nc(-c4ccccn4)nc3N)ncnc2cc1OCCCN1CCOCC1. The van der Waals surface area contributed by atoms with Gasteiger partial charge >= 0.3 is 0 Å². The number of rotatable bonds is 8. The van der Waals surface area contributed by atoms with Crippen molar-refractivity contribution in [3.05, 3.63) is 42.9 Å². The number of hydrogen-bond acceptors (Lipinski definition) is 10. The smallest absolute Gasteiger partial charge is 0.225 e. The molecule has 4 aromatic rings. The predicted molar refractivity (Wildman–Crippen MR) is 126 cm³/mol. The standard InChI is InChI=1S/C23H26N8O3/c1-32-19-13-16-18(14-20(19)34-10-4-7-30-8-11-33-12-9-30)26-15-27-22(16)31-23(24)28-21(29-31)17-5-2-3-6-25-17/h2-3,5-6,13-15H,4,7-12H2,1H3,(H2,24,28,29). The predicted octanol–water partition coefficient (Wildman–Crippen LogP) is 1.96. The molecule has 1 aliphatic rings. The summed E-state index contributed by atoms with van der Waals surface area (Å²) in [4.78, 5) is 19.9. The van der Waals surface area contributed by atoms with Crippen LogP contribution in [-0.2, 0) is 4.74 Å². The summed E-state index contributed by atoms with van der Waals surface area (Å²) in [5, 5.41) is 5.24. The molecule has 1 saturated heterocycles. The van der Waals surface area contributed by atoms with Gasteiger partial charge in [-0.3, -0.25) is 9.88 Å². The number of pyridine rings is 1. The highest BCUT2D eigenvalue weighted by Gasteiger charge is 2.18. The largest absolute Gasteiger partial charge is 0.493 e. The zero-order chi connectivity index (χ0) is 23.3. The normalized spacial score (nSPS) is 14.4. The van der Waals surface area contributed by atoms with E-state index in [2.05, 4.69) is 29.9 Å². The number of methoxy groups -OCH3 is 1. The van der Waals surface area contributed by atoms with Crippen LogP contribution in [-0.4, -0.2) is 81.2 Å². The van der Waals surface area contributed by atoms with E-state index in [0.29, 0.717) is 46.3 Å². The second-order valence-corrected chi connectivity index (χ2v) is 7.79. The Hall–Kier alpha value is -3.83. The molecule has 11 heteroatoms. The van der Waals surface area contributed by atoms with Gasteiger partial charge in [0.1, 0.15) is 12.0 Å². The molecular formula is C23H26N8O3. The molecule has 0 unspecified atom stereocenters. The first kappa shape index (κ1) is 22.0. The molecule has 0 atom stereocenters. The van der Waals surface area contributed by atoms with Gasteiger partial charge in [0.15, 0.2) is 17.3 Å². The molecule has 0 saturated carbocycles. The highest BCUT2D eigenvalue weighted by molar-refractivity contribution is 5.88. The van der Waals surface area contributed by atoms with Crippen molar-refractivity contribution in [2.75, 3.05) is 52.3 Å². The van der Waals surface area contributed by atoms with Gasteiger partial charge in [0.2, 0.25) is 11.8 Å². The zero-order valence-electron chi connectivity index (χ0n) is 18.9. The molecule has 2 N–H and O–H groups in total. The van der Waals surface area contributed by atoms with Gasteiger partial charge in [-0.1, -0.05) is 6.07 Å². The number of aromatic nitrogens is 6. The van der Waals surface area contributed by atoms with Crippen LogP contribution in [0, 0.1) is 0 Å². The van der Waals surface area contributed by atoms with Crippen LogP contribution < -0.4 is 15.2 Å². The molecule has 4 heterocycles. The van der Waals surface area contributed by atoms with Gasteiger partial charge in [0.25, 0.3) is 0 Å². The average molecular weight is 463 g/mol. The first-order valence-corrected chi connectivity index (χ1v) is 11.1. The van der Waals surface area contributed by atoms with Gasteiger partial charge in [0, 0.05) is 37.3 Å². The first-order valence-electron chi connectivity index (χ1n) is 11.1. The molecule has 0 bridgehead atoms. The van der Waals surface area contributed by atoms with Crippen LogP contribution in [0.1, 0.15) is 6.42 Å². The van der Waals surface area contributed by atoms with E-state index in [1.807, 2.05) is 30.3 Å². The van der Waals surface area contributed by atoms with Gasteiger partial charge < -0.3 is 19.9 Å². The Bertz CT molecular complexity index is 1260. The number of nitrogens with two attached hydrogens (primary N) is 1. The number of nitrogen functional groups attached to an aromatic ring is 1. The Labute approximate surface area is 196 Å². The lowest BCUT2D eigenvalue weighted by Crippen LogP contribution is -2.37. The summed E-state index contributed by atoms with van der Waals surface area (Å²) in [5.41, 5.74) is 7.48. The number of ether oxygens (including phenoxy) is 3. The molecule has 3 aromatic heterocycles. The number of benzene rings is 1. The van der Waals surface area contributed by atoms with E-state index in [1.54, 1.807) is 13.3 Å². The Kier molecular flexibility index (Phi) is 6.45. The van der Waals surface area contributed by atoms with Gasteiger partial charge in [0.05, 0.1) is 32.4 Å². The van der Waals surface area contributed by atoms with Gasteiger partial charge in [-0.2, -0.15) is 9.67 Å². The number of fused-ring (bicyclic) bond motifs is 1. The summed E-state index contributed by atoms with van der Waals surface area (Å²) in [6.07, 6.45) is 4.05. The number of hydrogen-bond donors (Lipinski definition) is 1.